The third-order valence-electron chi connectivity index (χ3n) is 2.49. The highest BCUT2D eigenvalue weighted by atomic mass is 127. The monoisotopic (exact) mass is 327 g/mol. The molecule has 0 saturated heterocycles. The zero-order valence-corrected chi connectivity index (χ0v) is 11.5. The van der Waals surface area contributed by atoms with Gasteiger partial charge in [0.05, 0.1) is 6.04 Å². The summed E-state index contributed by atoms with van der Waals surface area (Å²) in [6.45, 7) is 2.12. The van der Waals surface area contributed by atoms with Crippen LogP contribution < -0.4 is 5.32 Å². The molecule has 84 valence electrons. The van der Waals surface area contributed by atoms with Gasteiger partial charge in [-0.05, 0) is 41.6 Å². The van der Waals surface area contributed by atoms with Crippen molar-refractivity contribution in [3.05, 3.63) is 46.1 Å². The average Bonchev–Trinajstić information content (AvgIpc) is 2.68. The van der Waals surface area contributed by atoms with Crippen LogP contribution in [0.15, 0.2) is 36.7 Å². The fourth-order valence-corrected chi connectivity index (χ4v) is 2.21. The predicted octanol–water partition coefficient (Wildman–Crippen LogP) is 3.20. The molecule has 2 aromatic rings. The molecule has 0 saturated carbocycles. The molecule has 0 aliphatic heterocycles. The number of aromatic nitrogens is 2. The minimum absolute atomic E-state index is 0.205. The van der Waals surface area contributed by atoms with Crippen molar-refractivity contribution in [3.8, 4) is 0 Å². The van der Waals surface area contributed by atoms with Crippen molar-refractivity contribution >= 4 is 28.3 Å². The van der Waals surface area contributed by atoms with E-state index >= 15 is 0 Å². The Morgan fingerprint density at radius 1 is 1.38 bits per heavy atom. The normalized spacial score (nSPS) is 12.4. The maximum absolute atomic E-state index is 4.34. The summed E-state index contributed by atoms with van der Waals surface area (Å²) in [7, 11) is 2.01. The van der Waals surface area contributed by atoms with E-state index in [0.717, 1.165) is 11.5 Å². The number of benzene rings is 1. The summed E-state index contributed by atoms with van der Waals surface area (Å²) in [5.74, 6) is 1.04. The summed E-state index contributed by atoms with van der Waals surface area (Å²) < 4.78 is 3.26. The lowest BCUT2D eigenvalue weighted by Gasteiger charge is -2.16. The fraction of sp³-hybridized carbons (Fsp3) is 0.250. The first-order valence-corrected chi connectivity index (χ1v) is 6.24. The molecular weight excluding hydrogens is 313 g/mol. The lowest BCUT2D eigenvalue weighted by Crippen LogP contribution is -2.12. The Kier molecular flexibility index (Phi) is 3.48. The van der Waals surface area contributed by atoms with Crippen molar-refractivity contribution in [1.82, 2.24) is 9.55 Å². The minimum atomic E-state index is 0.205. The summed E-state index contributed by atoms with van der Waals surface area (Å²) >= 11 is 2.33. The topological polar surface area (TPSA) is 29.9 Å². The van der Waals surface area contributed by atoms with Crippen LogP contribution >= 0.6 is 22.6 Å². The minimum Gasteiger partial charge on any atom is -0.375 e. The Morgan fingerprint density at radius 2 is 2.12 bits per heavy atom. The van der Waals surface area contributed by atoms with E-state index in [1.165, 1.54) is 3.57 Å². The van der Waals surface area contributed by atoms with E-state index in [0.29, 0.717) is 0 Å². The zero-order valence-electron chi connectivity index (χ0n) is 9.31. The van der Waals surface area contributed by atoms with E-state index in [4.69, 9.17) is 0 Å². The van der Waals surface area contributed by atoms with Crippen LogP contribution in [0.3, 0.4) is 0 Å². The van der Waals surface area contributed by atoms with Crippen LogP contribution in [0.5, 0.6) is 0 Å². The molecule has 4 heteroatoms. The summed E-state index contributed by atoms with van der Waals surface area (Å²) in [5, 5.41) is 3.46. The Hall–Kier alpha value is -1.04. The maximum Gasteiger partial charge on any atom is 0.130 e. The third kappa shape index (κ3) is 2.37. The van der Waals surface area contributed by atoms with Crippen molar-refractivity contribution in [2.24, 2.45) is 7.05 Å². The number of anilines is 1. The molecule has 0 aliphatic rings. The van der Waals surface area contributed by atoms with Crippen LogP contribution in [0.2, 0.25) is 0 Å². The third-order valence-corrected chi connectivity index (χ3v) is 3.43. The molecule has 0 bridgehead atoms. The molecule has 16 heavy (non-hydrogen) atoms. The highest BCUT2D eigenvalue weighted by molar-refractivity contribution is 14.1. The van der Waals surface area contributed by atoms with Gasteiger partial charge in [0.1, 0.15) is 5.82 Å². The van der Waals surface area contributed by atoms with E-state index in [9.17, 15) is 0 Å². The fourth-order valence-electron chi connectivity index (χ4n) is 1.67. The van der Waals surface area contributed by atoms with E-state index in [1.807, 2.05) is 36.1 Å². The van der Waals surface area contributed by atoms with Crippen LogP contribution in [0.1, 0.15) is 18.8 Å². The van der Waals surface area contributed by atoms with Crippen LogP contribution in [0.25, 0.3) is 0 Å². The number of para-hydroxylation sites is 1. The molecule has 0 fully saturated rings. The largest absolute Gasteiger partial charge is 0.375 e. The van der Waals surface area contributed by atoms with Crippen molar-refractivity contribution in [1.29, 1.82) is 0 Å². The van der Waals surface area contributed by atoms with Crippen LogP contribution in [-0.2, 0) is 7.05 Å². The molecule has 3 nitrogen and oxygen atoms in total. The smallest absolute Gasteiger partial charge is 0.130 e. The van der Waals surface area contributed by atoms with Gasteiger partial charge in [-0.3, -0.25) is 0 Å². The van der Waals surface area contributed by atoms with Gasteiger partial charge in [-0.25, -0.2) is 4.98 Å². The number of halogens is 1. The molecule has 0 aliphatic carbocycles. The van der Waals surface area contributed by atoms with E-state index in [-0.39, 0.29) is 6.04 Å². The number of rotatable bonds is 3. The molecule has 1 aromatic carbocycles. The Morgan fingerprint density at radius 3 is 2.75 bits per heavy atom. The Balaban J connectivity index is 2.17. The van der Waals surface area contributed by atoms with Crippen molar-refractivity contribution in [3.63, 3.8) is 0 Å². The molecular formula is C12H14IN3. The molecule has 1 heterocycles. The second-order valence-corrected chi connectivity index (χ2v) is 4.90. The zero-order chi connectivity index (χ0) is 11.5. The predicted molar refractivity (Wildman–Crippen MR) is 74.4 cm³/mol. The van der Waals surface area contributed by atoms with Gasteiger partial charge in [0.25, 0.3) is 0 Å². The SMILES string of the molecule is CC(Nc1ccccc1I)c1nccn1C. The van der Waals surface area contributed by atoms with Gasteiger partial charge < -0.3 is 9.88 Å². The second-order valence-electron chi connectivity index (χ2n) is 3.74. The van der Waals surface area contributed by atoms with Crippen LogP contribution in [0, 0.1) is 3.57 Å². The summed E-state index contributed by atoms with van der Waals surface area (Å²) in [6, 6.07) is 8.46. The molecule has 1 N–H and O–H groups in total. The molecule has 0 spiro atoms. The number of nitrogens with one attached hydrogen (secondary N) is 1. The summed E-state index contributed by atoms with van der Waals surface area (Å²) in [6.07, 6.45) is 3.78. The maximum atomic E-state index is 4.34. The van der Waals surface area contributed by atoms with Crippen LogP contribution in [0.4, 0.5) is 5.69 Å². The molecule has 2 rings (SSSR count). The Labute approximate surface area is 109 Å². The van der Waals surface area contributed by atoms with Gasteiger partial charge in [0.2, 0.25) is 0 Å². The van der Waals surface area contributed by atoms with Gasteiger partial charge in [0, 0.05) is 28.7 Å². The van der Waals surface area contributed by atoms with E-state index < -0.39 is 0 Å². The molecule has 1 unspecified atom stereocenters. The number of hydrogen-bond donors (Lipinski definition) is 1. The van der Waals surface area contributed by atoms with E-state index in [2.05, 4.69) is 51.9 Å². The van der Waals surface area contributed by atoms with Crippen molar-refractivity contribution in [2.75, 3.05) is 5.32 Å². The lowest BCUT2D eigenvalue weighted by molar-refractivity contribution is 0.721. The quantitative estimate of drug-likeness (QED) is 0.878. The first-order chi connectivity index (χ1) is 7.68. The summed E-state index contributed by atoms with van der Waals surface area (Å²) in [4.78, 5) is 4.34. The standard InChI is InChI=1S/C12H14IN3/c1-9(12-14-7-8-16(12)2)15-11-6-4-3-5-10(11)13/h3-9,15H,1-2H3. The number of aryl methyl sites for hydroxylation is 1. The number of hydrogen-bond acceptors (Lipinski definition) is 2. The molecule has 0 amide bonds. The highest BCUT2D eigenvalue weighted by Crippen LogP contribution is 2.22. The number of imidazole rings is 1. The first kappa shape index (κ1) is 11.4. The van der Waals surface area contributed by atoms with Gasteiger partial charge in [-0.2, -0.15) is 0 Å². The molecule has 1 atom stereocenters. The second kappa shape index (κ2) is 4.86. The van der Waals surface area contributed by atoms with Crippen molar-refractivity contribution in [2.45, 2.75) is 13.0 Å². The highest BCUT2D eigenvalue weighted by Gasteiger charge is 2.10. The molecule has 1 aromatic heterocycles. The van der Waals surface area contributed by atoms with Gasteiger partial charge in [0.15, 0.2) is 0 Å². The Bertz CT molecular complexity index is 479. The van der Waals surface area contributed by atoms with Crippen LogP contribution in [-0.4, -0.2) is 9.55 Å². The van der Waals surface area contributed by atoms with Gasteiger partial charge in [-0.15, -0.1) is 0 Å². The summed E-state index contributed by atoms with van der Waals surface area (Å²) in [5.41, 5.74) is 1.15. The molecule has 0 radical (unpaired) electrons. The van der Waals surface area contributed by atoms with E-state index in [1.54, 1.807) is 0 Å². The van der Waals surface area contributed by atoms with Gasteiger partial charge in [-0.1, -0.05) is 12.1 Å². The average molecular weight is 327 g/mol. The van der Waals surface area contributed by atoms with Crippen molar-refractivity contribution < 1.29 is 0 Å². The number of nitrogens with zero attached hydrogens (tertiary/aromatic N) is 2. The first-order valence-electron chi connectivity index (χ1n) is 5.17. The lowest BCUT2D eigenvalue weighted by atomic mass is 10.2. The van der Waals surface area contributed by atoms with Gasteiger partial charge >= 0.3 is 0 Å².